The van der Waals surface area contributed by atoms with Gasteiger partial charge in [0, 0.05) is 18.2 Å². The zero-order valence-electron chi connectivity index (χ0n) is 15.5. The first kappa shape index (κ1) is 19.2. The highest BCUT2D eigenvalue weighted by Crippen LogP contribution is 2.43. The number of para-hydroxylation sites is 1. The van der Waals surface area contributed by atoms with Crippen LogP contribution in [-0.4, -0.2) is 36.5 Å². The van der Waals surface area contributed by atoms with Gasteiger partial charge in [-0.25, -0.2) is 0 Å². The maximum atomic E-state index is 12.9. The maximum Gasteiger partial charge on any atom is 0.254 e. The minimum atomic E-state index is -0.0669. The van der Waals surface area contributed by atoms with E-state index >= 15 is 0 Å². The van der Waals surface area contributed by atoms with E-state index in [0.29, 0.717) is 4.58 Å². The zero-order chi connectivity index (χ0) is 18.5. The Labute approximate surface area is 164 Å². The number of hydrogen-bond donors (Lipinski definition) is 0. The molecular formula is C21H25NO2S2. The number of methoxy groups -OCH3 is 1. The van der Waals surface area contributed by atoms with Crippen molar-refractivity contribution in [2.75, 3.05) is 25.7 Å². The lowest BCUT2D eigenvalue weighted by Gasteiger charge is -2.27. The first-order valence-electron chi connectivity index (χ1n) is 8.85. The van der Waals surface area contributed by atoms with E-state index in [9.17, 15) is 4.79 Å². The zero-order valence-corrected chi connectivity index (χ0v) is 17.1. The van der Waals surface area contributed by atoms with Crippen molar-refractivity contribution in [1.29, 1.82) is 0 Å². The molecule has 2 aromatic rings. The van der Waals surface area contributed by atoms with Crippen LogP contribution in [0.1, 0.15) is 45.5 Å². The van der Waals surface area contributed by atoms with Crippen molar-refractivity contribution < 1.29 is 9.53 Å². The summed E-state index contributed by atoms with van der Waals surface area (Å²) in [5.41, 5.74) is 3.04. The largest absolute Gasteiger partial charge is 0.496 e. The van der Waals surface area contributed by atoms with Crippen molar-refractivity contribution in [3.63, 3.8) is 0 Å². The van der Waals surface area contributed by atoms with Crippen molar-refractivity contribution in [2.24, 2.45) is 0 Å². The van der Waals surface area contributed by atoms with Gasteiger partial charge in [-0.3, -0.25) is 4.79 Å². The van der Waals surface area contributed by atoms with Gasteiger partial charge in [-0.15, -0.1) is 23.5 Å². The molecule has 1 unspecified atom stereocenters. The minimum Gasteiger partial charge on any atom is -0.496 e. The van der Waals surface area contributed by atoms with Gasteiger partial charge in [0.1, 0.15) is 5.75 Å². The summed E-state index contributed by atoms with van der Waals surface area (Å²) in [6, 6.07) is 15.9. The van der Waals surface area contributed by atoms with E-state index in [1.165, 1.54) is 23.5 Å². The van der Waals surface area contributed by atoms with Crippen molar-refractivity contribution in [2.45, 2.75) is 24.0 Å². The molecule has 0 spiro atoms. The van der Waals surface area contributed by atoms with Crippen molar-refractivity contribution >= 4 is 29.4 Å². The molecule has 1 heterocycles. The number of amides is 1. The van der Waals surface area contributed by atoms with Gasteiger partial charge in [0.25, 0.3) is 5.91 Å². The number of carbonyl (C=O) groups is 1. The highest BCUT2D eigenvalue weighted by atomic mass is 32.2. The highest BCUT2D eigenvalue weighted by molar-refractivity contribution is 8.16. The third-order valence-corrected chi connectivity index (χ3v) is 7.76. The van der Waals surface area contributed by atoms with E-state index in [0.717, 1.165) is 16.9 Å². The van der Waals surface area contributed by atoms with Gasteiger partial charge in [0.2, 0.25) is 0 Å². The summed E-state index contributed by atoms with van der Waals surface area (Å²) in [4.78, 5) is 14.7. The van der Waals surface area contributed by atoms with E-state index in [1.54, 1.807) is 12.0 Å². The number of rotatable bonds is 5. The van der Waals surface area contributed by atoms with Crippen LogP contribution in [0.5, 0.6) is 5.75 Å². The molecule has 0 saturated carbocycles. The fraction of sp³-hybridized carbons (Fsp3) is 0.381. The number of thioether (sulfide) groups is 2. The maximum absolute atomic E-state index is 12.9. The quantitative estimate of drug-likeness (QED) is 0.687. The lowest BCUT2D eigenvalue weighted by molar-refractivity contribution is 0.0741. The van der Waals surface area contributed by atoms with Crippen LogP contribution in [0.4, 0.5) is 0 Å². The lowest BCUT2D eigenvalue weighted by Crippen LogP contribution is -2.29. The van der Waals surface area contributed by atoms with E-state index in [1.807, 2.05) is 73.9 Å². The fourth-order valence-corrected chi connectivity index (χ4v) is 5.96. The molecule has 5 heteroatoms. The molecular weight excluding hydrogens is 362 g/mol. The van der Waals surface area contributed by atoms with Crippen LogP contribution in [0.2, 0.25) is 0 Å². The molecule has 3 rings (SSSR count). The van der Waals surface area contributed by atoms with E-state index < -0.39 is 0 Å². The number of nitrogens with zero attached hydrogens (tertiary/aromatic N) is 1. The van der Waals surface area contributed by atoms with Gasteiger partial charge in [0.15, 0.2) is 0 Å². The predicted octanol–water partition coefficient (Wildman–Crippen LogP) is 5.40. The van der Waals surface area contributed by atoms with Gasteiger partial charge in [-0.2, -0.15) is 0 Å². The van der Waals surface area contributed by atoms with Crippen LogP contribution in [0.25, 0.3) is 0 Å². The standard InChI is InChI=1S/C21H25NO2S2/c1-15(18-7-4-5-8-19(18)24-3)22(2)20(23)16-9-11-17(12-10-16)21-25-13-6-14-26-21/h4-5,7-12,15,21H,6,13-14H2,1-3H3. The van der Waals surface area contributed by atoms with Crippen LogP contribution in [0.3, 0.4) is 0 Å². The molecule has 1 fully saturated rings. The Kier molecular flexibility index (Phi) is 6.54. The summed E-state index contributed by atoms with van der Waals surface area (Å²) in [6.45, 7) is 2.03. The second-order valence-corrected chi connectivity index (χ2v) is 9.11. The van der Waals surface area contributed by atoms with Crippen molar-refractivity contribution in [1.82, 2.24) is 4.90 Å². The van der Waals surface area contributed by atoms with Crippen LogP contribution in [0, 0.1) is 0 Å². The Balaban J connectivity index is 1.73. The molecule has 1 aliphatic heterocycles. The molecule has 1 saturated heterocycles. The molecule has 2 aromatic carbocycles. The molecule has 26 heavy (non-hydrogen) atoms. The van der Waals surface area contributed by atoms with Crippen LogP contribution in [0.15, 0.2) is 48.5 Å². The Hall–Kier alpha value is -1.59. The monoisotopic (exact) mass is 387 g/mol. The van der Waals surface area contributed by atoms with Gasteiger partial charge < -0.3 is 9.64 Å². The summed E-state index contributed by atoms with van der Waals surface area (Å²) < 4.78 is 5.94. The Morgan fingerprint density at radius 2 is 1.77 bits per heavy atom. The SMILES string of the molecule is COc1ccccc1C(C)N(C)C(=O)c1ccc(C2SCCCS2)cc1. The molecule has 3 nitrogen and oxygen atoms in total. The minimum absolute atomic E-state index is 0.0268. The molecule has 0 bridgehead atoms. The molecule has 0 N–H and O–H groups in total. The lowest BCUT2D eigenvalue weighted by atomic mass is 10.0. The second kappa shape index (κ2) is 8.87. The normalized spacial score (nSPS) is 16.1. The Morgan fingerprint density at radius 1 is 1.12 bits per heavy atom. The molecule has 0 radical (unpaired) electrons. The number of ether oxygens (including phenoxy) is 1. The first-order valence-corrected chi connectivity index (χ1v) is 10.9. The van der Waals surface area contributed by atoms with Crippen LogP contribution < -0.4 is 4.74 Å². The average Bonchev–Trinajstić information content (AvgIpc) is 2.73. The van der Waals surface area contributed by atoms with Gasteiger partial charge in [-0.05, 0) is 48.6 Å². The van der Waals surface area contributed by atoms with Gasteiger partial charge in [0.05, 0.1) is 17.7 Å². The summed E-state index contributed by atoms with van der Waals surface area (Å²) in [5.74, 6) is 3.27. The second-order valence-electron chi connectivity index (χ2n) is 6.38. The van der Waals surface area contributed by atoms with Crippen molar-refractivity contribution in [3.05, 3.63) is 65.2 Å². The third-order valence-electron chi connectivity index (χ3n) is 4.75. The predicted molar refractivity (Wildman–Crippen MR) is 112 cm³/mol. The fourth-order valence-electron chi connectivity index (χ4n) is 3.06. The van der Waals surface area contributed by atoms with E-state index in [2.05, 4.69) is 12.1 Å². The number of hydrogen-bond acceptors (Lipinski definition) is 4. The van der Waals surface area contributed by atoms with Gasteiger partial charge >= 0.3 is 0 Å². The summed E-state index contributed by atoms with van der Waals surface area (Å²) in [7, 11) is 3.51. The Morgan fingerprint density at radius 3 is 2.42 bits per heavy atom. The third kappa shape index (κ3) is 4.21. The highest BCUT2D eigenvalue weighted by Gasteiger charge is 2.22. The summed E-state index contributed by atoms with van der Waals surface area (Å²) in [5, 5.41) is 0. The van der Waals surface area contributed by atoms with E-state index in [4.69, 9.17) is 4.74 Å². The van der Waals surface area contributed by atoms with Crippen molar-refractivity contribution in [3.8, 4) is 5.75 Å². The van der Waals surface area contributed by atoms with Crippen LogP contribution in [-0.2, 0) is 0 Å². The summed E-state index contributed by atoms with van der Waals surface area (Å²) in [6.07, 6.45) is 1.29. The molecule has 1 aliphatic rings. The molecule has 0 aromatic heterocycles. The smallest absolute Gasteiger partial charge is 0.254 e. The molecule has 1 amide bonds. The Bertz CT molecular complexity index is 742. The van der Waals surface area contributed by atoms with Gasteiger partial charge in [-0.1, -0.05) is 30.3 Å². The van der Waals surface area contributed by atoms with E-state index in [-0.39, 0.29) is 11.9 Å². The summed E-state index contributed by atoms with van der Waals surface area (Å²) >= 11 is 3.99. The molecule has 138 valence electrons. The number of benzene rings is 2. The first-order chi connectivity index (χ1) is 12.6. The average molecular weight is 388 g/mol. The topological polar surface area (TPSA) is 29.5 Å². The molecule has 1 atom stereocenters. The van der Waals surface area contributed by atoms with Crippen LogP contribution >= 0.6 is 23.5 Å². The molecule has 0 aliphatic carbocycles. The number of carbonyl (C=O) groups excluding carboxylic acids is 1.